The van der Waals surface area contributed by atoms with Crippen LogP contribution >= 0.6 is 11.3 Å². The zero-order chi connectivity index (χ0) is 20.4. The average molecular weight is 416 g/mol. The zero-order valence-corrected chi connectivity index (χ0v) is 17.5. The summed E-state index contributed by atoms with van der Waals surface area (Å²) in [5.41, 5.74) is 0.711. The van der Waals surface area contributed by atoms with Crippen LogP contribution in [0.5, 0.6) is 5.75 Å². The number of rotatable bonds is 4. The molecule has 2 saturated heterocycles. The van der Waals surface area contributed by atoms with E-state index in [0.717, 1.165) is 10.8 Å². The second-order valence-corrected chi connectivity index (χ2v) is 8.55. The van der Waals surface area contributed by atoms with E-state index < -0.39 is 6.04 Å². The van der Waals surface area contributed by atoms with E-state index in [1.54, 1.807) is 9.80 Å². The smallest absolute Gasteiger partial charge is 0.266 e. The number of aromatic nitrogens is 1. The second kappa shape index (κ2) is 8.51. The largest absolute Gasteiger partial charge is 0.488 e. The van der Waals surface area contributed by atoms with E-state index in [1.807, 2.05) is 44.2 Å². The summed E-state index contributed by atoms with van der Waals surface area (Å²) in [5, 5.41) is 0.846. The first-order chi connectivity index (χ1) is 14.0. The number of amides is 2. The summed E-state index contributed by atoms with van der Waals surface area (Å²) in [6, 6.07) is 8.99. The van der Waals surface area contributed by atoms with E-state index in [-0.39, 0.29) is 17.9 Å². The number of benzene rings is 1. The van der Waals surface area contributed by atoms with E-state index >= 15 is 0 Å². The van der Waals surface area contributed by atoms with Crippen molar-refractivity contribution < 1.29 is 19.1 Å². The fourth-order valence-corrected chi connectivity index (χ4v) is 4.76. The van der Waals surface area contributed by atoms with Crippen molar-refractivity contribution in [1.29, 1.82) is 0 Å². The molecule has 2 aliphatic rings. The van der Waals surface area contributed by atoms with Crippen LogP contribution in [0.25, 0.3) is 0 Å². The molecule has 0 spiro atoms. The quantitative estimate of drug-likeness (QED) is 0.766. The van der Waals surface area contributed by atoms with Crippen LogP contribution in [0.15, 0.2) is 30.3 Å². The van der Waals surface area contributed by atoms with Crippen LogP contribution in [-0.4, -0.2) is 71.6 Å². The van der Waals surface area contributed by atoms with Gasteiger partial charge in [-0.3, -0.25) is 9.59 Å². The predicted octanol–water partition coefficient (Wildman–Crippen LogP) is 2.28. The lowest BCUT2D eigenvalue weighted by atomic mass is 10.1. The normalized spacial score (nSPS) is 22.0. The summed E-state index contributed by atoms with van der Waals surface area (Å²) < 4.78 is 11.5. The number of likely N-dealkylation sites (tertiary alicyclic amines) is 1. The SMILES string of the molecule is Cc1nc(C)c(C(=O)N2C[C@@H](Oc3ccccc3)C[C@H]2C(=O)N2CCOCC2)s1. The number of ether oxygens (including phenoxy) is 2. The van der Waals surface area contributed by atoms with Crippen LogP contribution < -0.4 is 4.74 Å². The summed E-state index contributed by atoms with van der Waals surface area (Å²) in [5.74, 6) is 0.577. The van der Waals surface area contributed by atoms with Gasteiger partial charge < -0.3 is 19.3 Å². The highest BCUT2D eigenvalue weighted by Crippen LogP contribution is 2.29. The molecule has 2 aliphatic heterocycles. The minimum absolute atomic E-state index is 0.0281. The number of hydrogen-bond acceptors (Lipinski definition) is 6. The van der Waals surface area contributed by atoms with Gasteiger partial charge in [-0.15, -0.1) is 11.3 Å². The van der Waals surface area contributed by atoms with Gasteiger partial charge in [0.25, 0.3) is 5.91 Å². The molecule has 2 amide bonds. The van der Waals surface area contributed by atoms with Crippen LogP contribution in [0.2, 0.25) is 0 Å². The van der Waals surface area contributed by atoms with Crippen LogP contribution in [0.4, 0.5) is 0 Å². The summed E-state index contributed by atoms with van der Waals surface area (Å²) in [7, 11) is 0. The zero-order valence-electron chi connectivity index (χ0n) is 16.7. The van der Waals surface area contributed by atoms with Gasteiger partial charge in [0.2, 0.25) is 5.91 Å². The van der Waals surface area contributed by atoms with Gasteiger partial charge in [0.05, 0.1) is 30.5 Å². The predicted molar refractivity (Wildman–Crippen MR) is 109 cm³/mol. The molecule has 0 radical (unpaired) electrons. The Morgan fingerprint density at radius 1 is 1.17 bits per heavy atom. The molecule has 0 bridgehead atoms. The second-order valence-electron chi connectivity index (χ2n) is 7.35. The van der Waals surface area contributed by atoms with Crippen molar-refractivity contribution in [2.24, 2.45) is 0 Å². The molecule has 8 heteroatoms. The summed E-state index contributed by atoms with van der Waals surface area (Å²) in [4.78, 5) is 35.0. The molecular weight excluding hydrogens is 390 g/mol. The van der Waals surface area contributed by atoms with E-state index in [0.29, 0.717) is 49.8 Å². The van der Waals surface area contributed by atoms with Gasteiger partial charge in [-0.25, -0.2) is 4.98 Å². The maximum Gasteiger partial charge on any atom is 0.266 e. The number of para-hydroxylation sites is 1. The van der Waals surface area contributed by atoms with Gasteiger partial charge in [-0.2, -0.15) is 0 Å². The lowest BCUT2D eigenvalue weighted by Crippen LogP contribution is -2.51. The van der Waals surface area contributed by atoms with Gasteiger partial charge in [0, 0.05) is 19.5 Å². The lowest BCUT2D eigenvalue weighted by Gasteiger charge is -2.32. The molecule has 29 heavy (non-hydrogen) atoms. The van der Waals surface area contributed by atoms with E-state index in [2.05, 4.69) is 4.98 Å². The topological polar surface area (TPSA) is 72.0 Å². The summed E-state index contributed by atoms with van der Waals surface area (Å²) >= 11 is 1.38. The number of morpholine rings is 1. The highest BCUT2D eigenvalue weighted by Gasteiger charge is 2.43. The monoisotopic (exact) mass is 415 g/mol. The molecule has 3 heterocycles. The van der Waals surface area contributed by atoms with Gasteiger partial charge in [-0.05, 0) is 26.0 Å². The van der Waals surface area contributed by atoms with E-state index in [4.69, 9.17) is 9.47 Å². The van der Waals surface area contributed by atoms with Crippen molar-refractivity contribution in [2.45, 2.75) is 32.4 Å². The Balaban J connectivity index is 1.57. The van der Waals surface area contributed by atoms with Gasteiger partial charge >= 0.3 is 0 Å². The molecule has 2 aromatic rings. The Bertz CT molecular complexity index is 879. The number of thiazole rings is 1. The molecular formula is C21H25N3O4S. The van der Waals surface area contributed by atoms with Crippen molar-refractivity contribution in [3.05, 3.63) is 45.9 Å². The van der Waals surface area contributed by atoms with Gasteiger partial charge in [0.15, 0.2) is 0 Å². The molecule has 4 rings (SSSR count). The number of aryl methyl sites for hydroxylation is 2. The third-order valence-corrected chi connectivity index (χ3v) is 6.34. The Hall–Kier alpha value is -2.45. The molecule has 1 aromatic heterocycles. The van der Waals surface area contributed by atoms with Crippen LogP contribution in [0, 0.1) is 13.8 Å². The number of carbonyl (C=O) groups is 2. The maximum absolute atomic E-state index is 13.3. The van der Waals surface area contributed by atoms with Crippen LogP contribution in [0.3, 0.4) is 0 Å². The van der Waals surface area contributed by atoms with Crippen molar-refractivity contribution in [2.75, 3.05) is 32.8 Å². The molecule has 0 N–H and O–H groups in total. The average Bonchev–Trinajstić information content (AvgIpc) is 3.31. The Kier molecular flexibility index (Phi) is 5.82. The first kappa shape index (κ1) is 19.8. The first-order valence-corrected chi connectivity index (χ1v) is 10.7. The van der Waals surface area contributed by atoms with E-state index in [9.17, 15) is 9.59 Å². The minimum atomic E-state index is -0.531. The number of carbonyl (C=O) groups excluding carboxylic acids is 2. The molecule has 7 nitrogen and oxygen atoms in total. The fraction of sp³-hybridized carbons (Fsp3) is 0.476. The molecule has 1 aromatic carbocycles. The Morgan fingerprint density at radius 3 is 2.55 bits per heavy atom. The van der Waals surface area contributed by atoms with Gasteiger partial charge in [-0.1, -0.05) is 18.2 Å². The lowest BCUT2D eigenvalue weighted by molar-refractivity contribution is -0.139. The fourth-order valence-electron chi connectivity index (χ4n) is 3.89. The Labute approximate surface area is 174 Å². The third-order valence-electron chi connectivity index (χ3n) is 5.28. The Morgan fingerprint density at radius 2 is 1.90 bits per heavy atom. The van der Waals surface area contributed by atoms with Crippen molar-refractivity contribution in [3.63, 3.8) is 0 Å². The van der Waals surface area contributed by atoms with Crippen LogP contribution in [0.1, 0.15) is 26.8 Å². The highest BCUT2D eigenvalue weighted by atomic mass is 32.1. The number of hydrogen-bond donors (Lipinski definition) is 0. The summed E-state index contributed by atoms with van der Waals surface area (Å²) in [6.07, 6.45) is 0.249. The first-order valence-electron chi connectivity index (χ1n) is 9.86. The maximum atomic E-state index is 13.3. The van der Waals surface area contributed by atoms with Crippen LogP contribution in [-0.2, 0) is 9.53 Å². The molecule has 0 saturated carbocycles. The standard InChI is InChI=1S/C21H25N3O4S/c1-14-19(29-15(2)22-14)21(26)24-13-17(28-16-6-4-3-5-7-16)12-18(24)20(25)23-8-10-27-11-9-23/h3-7,17-18H,8-13H2,1-2H3/t17-,18-/m0/s1. The van der Waals surface area contributed by atoms with Gasteiger partial charge in [0.1, 0.15) is 22.8 Å². The van der Waals surface area contributed by atoms with Crippen molar-refractivity contribution in [3.8, 4) is 5.75 Å². The molecule has 2 atom stereocenters. The number of nitrogens with zero attached hydrogens (tertiary/aromatic N) is 3. The molecule has 2 fully saturated rings. The van der Waals surface area contributed by atoms with E-state index in [1.165, 1.54) is 11.3 Å². The third kappa shape index (κ3) is 4.28. The highest BCUT2D eigenvalue weighted by molar-refractivity contribution is 7.13. The molecule has 0 aliphatic carbocycles. The summed E-state index contributed by atoms with van der Waals surface area (Å²) in [6.45, 7) is 6.28. The molecule has 0 unspecified atom stereocenters. The molecule has 154 valence electrons. The van der Waals surface area contributed by atoms with Crippen molar-refractivity contribution in [1.82, 2.24) is 14.8 Å². The van der Waals surface area contributed by atoms with Crippen molar-refractivity contribution >= 4 is 23.2 Å². The minimum Gasteiger partial charge on any atom is -0.488 e.